The van der Waals surface area contributed by atoms with Gasteiger partial charge in [-0.25, -0.2) is 4.79 Å². The zero-order valence-electron chi connectivity index (χ0n) is 14.6. The molecule has 0 aromatic carbocycles. The van der Waals surface area contributed by atoms with E-state index in [4.69, 9.17) is 9.15 Å². The molecule has 0 bridgehead atoms. The molecule has 22 heavy (non-hydrogen) atoms. The molecule has 1 rings (SSSR count). The Balaban J connectivity index is 2.40. The SMILES string of the molecule is CC(C)C(CNC(=O)OC(C)(C)C)CN[C@H](C)c1ccco1. The number of hydrogen-bond donors (Lipinski definition) is 2. The van der Waals surface area contributed by atoms with Crippen LogP contribution in [0.15, 0.2) is 22.8 Å². The number of hydrogen-bond acceptors (Lipinski definition) is 4. The molecule has 5 nitrogen and oxygen atoms in total. The number of amides is 1. The van der Waals surface area contributed by atoms with Crippen LogP contribution in [0, 0.1) is 11.8 Å². The highest BCUT2D eigenvalue weighted by atomic mass is 16.6. The van der Waals surface area contributed by atoms with Crippen molar-refractivity contribution < 1.29 is 13.9 Å². The fraction of sp³-hybridized carbons (Fsp3) is 0.706. The monoisotopic (exact) mass is 310 g/mol. The predicted molar refractivity (Wildman–Crippen MR) is 87.7 cm³/mol. The largest absolute Gasteiger partial charge is 0.468 e. The molecule has 1 unspecified atom stereocenters. The van der Waals surface area contributed by atoms with Crippen LogP contribution in [0.25, 0.3) is 0 Å². The first-order chi connectivity index (χ1) is 10.2. The first-order valence-electron chi connectivity index (χ1n) is 7.92. The Bertz CT molecular complexity index is 435. The van der Waals surface area contributed by atoms with Crippen LogP contribution in [-0.4, -0.2) is 24.8 Å². The highest BCUT2D eigenvalue weighted by molar-refractivity contribution is 5.67. The van der Waals surface area contributed by atoms with Crippen molar-refractivity contribution in [1.29, 1.82) is 0 Å². The van der Waals surface area contributed by atoms with E-state index in [1.54, 1.807) is 6.26 Å². The third-order valence-corrected chi connectivity index (χ3v) is 3.51. The average molecular weight is 310 g/mol. The first kappa shape index (κ1) is 18.6. The molecule has 2 atom stereocenters. The van der Waals surface area contributed by atoms with Gasteiger partial charge in [-0.3, -0.25) is 0 Å². The Labute approximate surface area is 133 Å². The minimum atomic E-state index is -0.469. The van der Waals surface area contributed by atoms with Gasteiger partial charge in [-0.05, 0) is 51.7 Å². The van der Waals surface area contributed by atoms with E-state index in [2.05, 4.69) is 31.4 Å². The van der Waals surface area contributed by atoms with Crippen LogP contribution >= 0.6 is 0 Å². The molecule has 0 fully saturated rings. The van der Waals surface area contributed by atoms with Crippen molar-refractivity contribution in [2.24, 2.45) is 11.8 Å². The minimum absolute atomic E-state index is 0.151. The summed E-state index contributed by atoms with van der Waals surface area (Å²) >= 11 is 0. The lowest BCUT2D eigenvalue weighted by Crippen LogP contribution is -2.40. The van der Waals surface area contributed by atoms with E-state index in [0.29, 0.717) is 18.4 Å². The maximum atomic E-state index is 11.7. The molecule has 0 saturated carbocycles. The van der Waals surface area contributed by atoms with Crippen LogP contribution in [0.4, 0.5) is 4.79 Å². The summed E-state index contributed by atoms with van der Waals surface area (Å²) < 4.78 is 10.7. The van der Waals surface area contributed by atoms with Crippen LogP contribution in [0.3, 0.4) is 0 Å². The summed E-state index contributed by atoms with van der Waals surface area (Å²) in [6.07, 6.45) is 1.31. The van der Waals surface area contributed by atoms with Gasteiger partial charge in [0.15, 0.2) is 0 Å². The van der Waals surface area contributed by atoms with Gasteiger partial charge in [0.1, 0.15) is 11.4 Å². The van der Waals surface area contributed by atoms with Crippen LogP contribution in [0.2, 0.25) is 0 Å². The number of alkyl carbamates (subject to hydrolysis) is 1. The van der Waals surface area contributed by atoms with Crippen molar-refractivity contribution in [1.82, 2.24) is 10.6 Å². The second-order valence-corrected chi connectivity index (χ2v) is 7.03. The topological polar surface area (TPSA) is 63.5 Å². The molecular formula is C17H30N2O3. The smallest absolute Gasteiger partial charge is 0.407 e. The first-order valence-corrected chi connectivity index (χ1v) is 7.92. The molecule has 1 aromatic rings. The molecule has 0 aliphatic heterocycles. The molecule has 0 aliphatic rings. The van der Waals surface area contributed by atoms with Crippen molar-refractivity contribution >= 4 is 6.09 Å². The van der Waals surface area contributed by atoms with E-state index in [-0.39, 0.29) is 12.1 Å². The summed E-state index contributed by atoms with van der Waals surface area (Å²) in [5.74, 6) is 1.69. The van der Waals surface area contributed by atoms with Crippen LogP contribution in [0.5, 0.6) is 0 Å². The van der Waals surface area contributed by atoms with E-state index < -0.39 is 5.60 Å². The highest BCUT2D eigenvalue weighted by Crippen LogP contribution is 2.15. The Morgan fingerprint density at radius 2 is 1.95 bits per heavy atom. The van der Waals surface area contributed by atoms with Crippen molar-refractivity contribution in [2.45, 2.75) is 53.2 Å². The van der Waals surface area contributed by atoms with Gasteiger partial charge in [0.25, 0.3) is 0 Å². The quantitative estimate of drug-likeness (QED) is 0.805. The lowest BCUT2D eigenvalue weighted by Gasteiger charge is -2.25. The zero-order valence-corrected chi connectivity index (χ0v) is 14.6. The average Bonchev–Trinajstić information content (AvgIpc) is 2.89. The highest BCUT2D eigenvalue weighted by Gasteiger charge is 2.20. The third kappa shape index (κ3) is 6.98. The maximum Gasteiger partial charge on any atom is 0.407 e. The predicted octanol–water partition coefficient (Wildman–Crippen LogP) is 3.73. The number of ether oxygens (including phenoxy) is 1. The Morgan fingerprint density at radius 1 is 1.27 bits per heavy atom. The molecule has 1 heterocycles. The van der Waals surface area contributed by atoms with Crippen molar-refractivity contribution in [3.63, 3.8) is 0 Å². The Hall–Kier alpha value is -1.49. The summed E-state index contributed by atoms with van der Waals surface area (Å²) in [6.45, 7) is 13.3. The van der Waals surface area contributed by atoms with Crippen LogP contribution < -0.4 is 10.6 Å². The van der Waals surface area contributed by atoms with Crippen molar-refractivity contribution in [3.8, 4) is 0 Å². The molecule has 1 amide bonds. The van der Waals surface area contributed by atoms with Crippen LogP contribution in [0.1, 0.15) is 53.3 Å². The van der Waals surface area contributed by atoms with E-state index in [1.165, 1.54) is 0 Å². The molecule has 0 radical (unpaired) electrons. The number of carbonyl (C=O) groups is 1. The normalized spacial score (nSPS) is 14.7. The van der Waals surface area contributed by atoms with Gasteiger partial charge in [0.05, 0.1) is 12.3 Å². The number of nitrogens with one attached hydrogen (secondary N) is 2. The van der Waals surface area contributed by atoms with Gasteiger partial charge >= 0.3 is 6.09 Å². The summed E-state index contributed by atoms with van der Waals surface area (Å²) in [7, 11) is 0. The zero-order chi connectivity index (χ0) is 16.8. The summed E-state index contributed by atoms with van der Waals surface area (Å²) in [6, 6.07) is 4.00. The second kappa shape index (κ2) is 8.22. The summed E-state index contributed by atoms with van der Waals surface area (Å²) in [4.78, 5) is 11.7. The van der Waals surface area contributed by atoms with Crippen LogP contribution in [-0.2, 0) is 4.74 Å². The molecule has 5 heteroatoms. The van der Waals surface area contributed by atoms with Gasteiger partial charge in [-0.1, -0.05) is 13.8 Å². The van der Waals surface area contributed by atoms with E-state index in [1.807, 2.05) is 32.9 Å². The molecule has 0 saturated heterocycles. The lowest BCUT2D eigenvalue weighted by molar-refractivity contribution is 0.0514. The number of furan rings is 1. The Kier molecular flexibility index (Phi) is 6.94. The summed E-state index contributed by atoms with van der Waals surface area (Å²) in [5.41, 5.74) is -0.469. The minimum Gasteiger partial charge on any atom is -0.468 e. The van der Waals surface area contributed by atoms with Gasteiger partial charge in [0.2, 0.25) is 0 Å². The molecule has 0 spiro atoms. The molecule has 126 valence electrons. The fourth-order valence-electron chi connectivity index (χ4n) is 2.04. The fourth-order valence-corrected chi connectivity index (χ4v) is 2.04. The van der Waals surface area contributed by atoms with E-state index >= 15 is 0 Å². The number of carbonyl (C=O) groups excluding carboxylic acids is 1. The van der Waals surface area contributed by atoms with Gasteiger partial charge in [-0.2, -0.15) is 0 Å². The van der Waals surface area contributed by atoms with E-state index in [0.717, 1.165) is 12.3 Å². The van der Waals surface area contributed by atoms with Crippen molar-refractivity contribution in [3.05, 3.63) is 24.2 Å². The van der Waals surface area contributed by atoms with Gasteiger partial charge < -0.3 is 19.8 Å². The standard InChI is InChI=1S/C17H30N2O3/c1-12(2)14(11-19-16(20)22-17(4,5)6)10-18-13(3)15-8-7-9-21-15/h7-9,12-14,18H,10-11H2,1-6H3,(H,19,20)/t13-,14?/m1/s1. The molecule has 0 aliphatic carbocycles. The van der Waals surface area contributed by atoms with Gasteiger partial charge in [-0.15, -0.1) is 0 Å². The van der Waals surface area contributed by atoms with Crippen molar-refractivity contribution in [2.75, 3.05) is 13.1 Å². The molecule has 1 aromatic heterocycles. The maximum absolute atomic E-state index is 11.7. The third-order valence-electron chi connectivity index (χ3n) is 3.51. The molecule has 2 N–H and O–H groups in total. The second-order valence-electron chi connectivity index (χ2n) is 7.03. The summed E-state index contributed by atoms with van der Waals surface area (Å²) in [5, 5.41) is 6.31. The molecular weight excluding hydrogens is 280 g/mol. The number of rotatable bonds is 7. The van der Waals surface area contributed by atoms with Gasteiger partial charge in [0, 0.05) is 13.1 Å². The lowest BCUT2D eigenvalue weighted by atomic mass is 9.95. The Morgan fingerprint density at radius 3 is 2.45 bits per heavy atom. The van der Waals surface area contributed by atoms with E-state index in [9.17, 15) is 4.79 Å².